The maximum atomic E-state index is 12.3. The van der Waals surface area contributed by atoms with Crippen LogP contribution in [-0.2, 0) is 4.79 Å². The zero-order chi connectivity index (χ0) is 15.6. The minimum absolute atomic E-state index is 0.00727. The molecule has 116 valence electrons. The minimum atomic E-state index is -0.0663. The summed E-state index contributed by atoms with van der Waals surface area (Å²) in [5.74, 6) is 0.482. The number of piperidine rings is 1. The van der Waals surface area contributed by atoms with E-state index in [2.05, 4.69) is 29.8 Å². The van der Waals surface area contributed by atoms with Gasteiger partial charge in [0, 0.05) is 23.6 Å². The van der Waals surface area contributed by atoms with Gasteiger partial charge in [0.2, 0.25) is 0 Å². The van der Waals surface area contributed by atoms with Crippen LogP contribution in [0.25, 0.3) is 0 Å². The molecule has 0 spiro atoms. The van der Waals surface area contributed by atoms with E-state index in [0.717, 1.165) is 10.9 Å². The van der Waals surface area contributed by atoms with Crippen molar-refractivity contribution >= 4 is 33.4 Å². The van der Waals surface area contributed by atoms with Crippen molar-refractivity contribution in [2.75, 3.05) is 19.7 Å². The van der Waals surface area contributed by atoms with Gasteiger partial charge in [-0.2, -0.15) is 0 Å². The Kier molecular flexibility index (Phi) is 5.17. The van der Waals surface area contributed by atoms with Crippen LogP contribution in [0.1, 0.15) is 20.3 Å². The normalized spacial score (nSPS) is 21.2. The van der Waals surface area contributed by atoms with Crippen molar-refractivity contribution in [1.29, 1.82) is 0 Å². The van der Waals surface area contributed by atoms with Crippen LogP contribution in [0, 0.1) is 5.41 Å². The van der Waals surface area contributed by atoms with Gasteiger partial charge in [0.15, 0.2) is 6.61 Å². The summed E-state index contributed by atoms with van der Waals surface area (Å²) in [6.45, 7) is 5.51. The molecule has 2 N–H and O–H groups in total. The first-order valence-electron chi connectivity index (χ1n) is 6.91. The molecule has 0 aromatic heterocycles. The largest absolute Gasteiger partial charge is 0.482 e. The maximum Gasteiger partial charge on any atom is 0.260 e. The van der Waals surface area contributed by atoms with E-state index in [-0.39, 0.29) is 24.0 Å². The Morgan fingerprint density at radius 1 is 1.57 bits per heavy atom. The summed E-state index contributed by atoms with van der Waals surface area (Å²) in [6, 6.07) is 5.44. The summed E-state index contributed by atoms with van der Waals surface area (Å²) >= 11 is 9.40. The lowest BCUT2D eigenvalue weighted by Crippen LogP contribution is -2.54. The van der Waals surface area contributed by atoms with Gasteiger partial charge in [-0.05, 0) is 30.0 Å². The summed E-state index contributed by atoms with van der Waals surface area (Å²) in [5.41, 5.74) is 6.02. The molecule has 2 rings (SSSR count). The summed E-state index contributed by atoms with van der Waals surface area (Å²) in [4.78, 5) is 14.1. The predicted octanol–water partition coefficient (Wildman–Crippen LogP) is 3.07. The van der Waals surface area contributed by atoms with Gasteiger partial charge in [0.05, 0.1) is 5.02 Å². The molecule has 1 unspecified atom stereocenters. The number of rotatable bonds is 3. The second kappa shape index (κ2) is 6.55. The molecule has 1 heterocycles. The van der Waals surface area contributed by atoms with Crippen LogP contribution < -0.4 is 10.5 Å². The van der Waals surface area contributed by atoms with Crippen molar-refractivity contribution in [3.05, 3.63) is 27.7 Å². The quantitative estimate of drug-likeness (QED) is 0.883. The third kappa shape index (κ3) is 4.11. The van der Waals surface area contributed by atoms with Crippen LogP contribution in [-0.4, -0.2) is 36.5 Å². The van der Waals surface area contributed by atoms with Crippen LogP contribution in [0.5, 0.6) is 5.75 Å². The highest BCUT2D eigenvalue weighted by atomic mass is 79.9. The Hall–Kier alpha value is -0.780. The first-order valence-corrected chi connectivity index (χ1v) is 8.08. The second-order valence-electron chi connectivity index (χ2n) is 6.06. The van der Waals surface area contributed by atoms with Crippen molar-refractivity contribution in [2.45, 2.75) is 26.3 Å². The van der Waals surface area contributed by atoms with Crippen molar-refractivity contribution < 1.29 is 9.53 Å². The summed E-state index contributed by atoms with van der Waals surface area (Å²) in [6.07, 6.45) is 0.817. The number of carbonyl (C=O) groups excluding carboxylic acids is 1. The monoisotopic (exact) mass is 374 g/mol. The van der Waals surface area contributed by atoms with Gasteiger partial charge in [-0.15, -0.1) is 0 Å². The SMILES string of the molecule is CC1(C)CN(C(=O)COc2ccc(Br)cc2Cl)CCC1N. The summed E-state index contributed by atoms with van der Waals surface area (Å²) in [7, 11) is 0. The highest BCUT2D eigenvalue weighted by Gasteiger charge is 2.35. The standard InChI is InChI=1S/C15H20BrClN2O2/c1-15(2)9-19(6-5-13(15)18)14(20)8-21-12-4-3-10(16)7-11(12)17/h3-4,7,13H,5-6,8-9,18H2,1-2H3. The molecule has 1 amide bonds. The van der Waals surface area contributed by atoms with Crippen molar-refractivity contribution in [2.24, 2.45) is 11.1 Å². The molecule has 0 radical (unpaired) electrons. The topological polar surface area (TPSA) is 55.6 Å². The number of hydrogen-bond acceptors (Lipinski definition) is 3. The summed E-state index contributed by atoms with van der Waals surface area (Å²) in [5, 5.41) is 0.484. The number of benzene rings is 1. The zero-order valence-corrected chi connectivity index (χ0v) is 14.6. The third-order valence-electron chi connectivity index (χ3n) is 3.91. The first-order chi connectivity index (χ1) is 9.79. The van der Waals surface area contributed by atoms with E-state index >= 15 is 0 Å². The zero-order valence-electron chi connectivity index (χ0n) is 12.2. The molecule has 1 atom stereocenters. The summed E-state index contributed by atoms with van der Waals surface area (Å²) < 4.78 is 6.40. The number of likely N-dealkylation sites (tertiary alicyclic amines) is 1. The lowest BCUT2D eigenvalue weighted by molar-refractivity contribution is -0.136. The smallest absolute Gasteiger partial charge is 0.260 e. The van der Waals surface area contributed by atoms with Crippen molar-refractivity contribution in [1.82, 2.24) is 4.90 Å². The van der Waals surface area contributed by atoms with Crippen LogP contribution in [0.4, 0.5) is 0 Å². The molecule has 1 saturated heterocycles. The van der Waals surface area contributed by atoms with Crippen LogP contribution in [0.15, 0.2) is 22.7 Å². The number of nitrogens with zero attached hydrogens (tertiary/aromatic N) is 1. The van der Waals surface area contributed by atoms with Gasteiger partial charge in [0.25, 0.3) is 5.91 Å². The van der Waals surface area contributed by atoms with E-state index in [9.17, 15) is 4.79 Å². The molecule has 1 aliphatic rings. The number of carbonyl (C=O) groups is 1. The minimum Gasteiger partial charge on any atom is -0.482 e. The van der Waals surface area contributed by atoms with Crippen molar-refractivity contribution in [3.8, 4) is 5.75 Å². The fraction of sp³-hybridized carbons (Fsp3) is 0.533. The second-order valence-corrected chi connectivity index (χ2v) is 7.39. The Morgan fingerprint density at radius 3 is 2.90 bits per heavy atom. The van der Waals surface area contributed by atoms with Gasteiger partial charge < -0.3 is 15.4 Å². The van der Waals surface area contributed by atoms with E-state index in [1.165, 1.54) is 0 Å². The molecule has 1 aliphatic heterocycles. The van der Waals surface area contributed by atoms with E-state index in [1.54, 1.807) is 12.1 Å². The number of amides is 1. The molecule has 21 heavy (non-hydrogen) atoms. The van der Waals surface area contributed by atoms with E-state index < -0.39 is 0 Å². The van der Waals surface area contributed by atoms with E-state index in [4.69, 9.17) is 22.1 Å². The number of nitrogens with two attached hydrogens (primary N) is 1. The van der Waals surface area contributed by atoms with E-state index in [1.807, 2.05) is 11.0 Å². The van der Waals surface area contributed by atoms with Gasteiger partial charge >= 0.3 is 0 Å². The average Bonchev–Trinajstić information content (AvgIpc) is 2.40. The molecule has 6 heteroatoms. The first kappa shape index (κ1) is 16.6. The number of hydrogen-bond donors (Lipinski definition) is 1. The van der Waals surface area contributed by atoms with Crippen LogP contribution >= 0.6 is 27.5 Å². The highest BCUT2D eigenvalue weighted by Crippen LogP contribution is 2.29. The third-order valence-corrected chi connectivity index (χ3v) is 4.70. The Morgan fingerprint density at radius 2 is 2.29 bits per heavy atom. The Balaban J connectivity index is 1.93. The fourth-order valence-corrected chi connectivity index (χ4v) is 3.14. The molecule has 1 aromatic carbocycles. The Labute approximate surface area is 138 Å². The number of ether oxygens (including phenoxy) is 1. The van der Waals surface area contributed by atoms with E-state index in [0.29, 0.717) is 23.9 Å². The van der Waals surface area contributed by atoms with Crippen LogP contribution in [0.2, 0.25) is 5.02 Å². The fourth-order valence-electron chi connectivity index (χ4n) is 2.41. The lowest BCUT2D eigenvalue weighted by Gasteiger charge is -2.42. The van der Waals surface area contributed by atoms with Gasteiger partial charge in [-0.3, -0.25) is 4.79 Å². The Bertz CT molecular complexity index is 536. The van der Waals surface area contributed by atoms with Gasteiger partial charge in [-0.1, -0.05) is 41.4 Å². The predicted molar refractivity (Wildman–Crippen MR) is 87.6 cm³/mol. The highest BCUT2D eigenvalue weighted by molar-refractivity contribution is 9.10. The molecule has 4 nitrogen and oxygen atoms in total. The molecule has 0 bridgehead atoms. The van der Waals surface area contributed by atoms with Gasteiger partial charge in [0.1, 0.15) is 5.75 Å². The number of halogens is 2. The molecule has 0 saturated carbocycles. The van der Waals surface area contributed by atoms with Crippen molar-refractivity contribution in [3.63, 3.8) is 0 Å². The molecule has 1 aromatic rings. The average molecular weight is 376 g/mol. The van der Waals surface area contributed by atoms with Gasteiger partial charge in [-0.25, -0.2) is 0 Å². The lowest BCUT2D eigenvalue weighted by atomic mass is 9.80. The maximum absolute atomic E-state index is 12.3. The van der Waals surface area contributed by atoms with Crippen LogP contribution in [0.3, 0.4) is 0 Å². The molecular formula is C15H20BrClN2O2. The molecule has 1 fully saturated rings. The molecule has 0 aliphatic carbocycles. The molecular weight excluding hydrogens is 356 g/mol.